The normalized spacial score (nSPS) is 18.9. The molecule has 36 heavy (non-hydrogen) atoms. The van der Waals surface area contributed by atoms with Crippen molar-refractivity contribution in [2.45, 2.75) is 57.0 Å². The summed E-state index contributed by atoms with van der Waals surface area (Å²) >= 11 is 0. The molecule has 2 fully saturated rings. The van der Waals surface area contributed by atoms with Gasteiger partial charge in [-0.3, -0.25) is 4.79 Å². The van der Waals surface area contributed by atoms with Gasteiger partial charge in [0.1, 0.15) is 18.1 Å². The number of halogens is 1. The Bertz CT molecular complexity index is 1260. The first-order valence-corrected chi connectivity index (χ1v) is 12.9. The van der Waals surface area contributed by atoms with Gasteiger partial charge in [-0.15, -0.1) is 0 Å². The summed E-state index contributed by atoms with van der Waals surface area (Å²) in [5, 5.41) is 13.6. The molecule has 7 heteroatoms. The van der Waals surface area contributed by atoms with Gasteiger partial charge in [0, 0.05) is 35.3 Å². The van der Waals surface area contributed by atoms with Gasteiger partial charge in [0.15, 0.2) is 5.76 Å². The van der Waals surface area contributed by atoms with Crippen molar-refractivity contribution in [1.82, 2.24) is 5.16 Å². The summed E-state index contributed by atoms with van der Waals surface area (Å²) in [5.41, 5.74) is 6.46. The summed E-state index contributed by atoms with van der Waals surface area (Å²) in [4.78, 5) is 13.2. The van der Waals surface area contributed by atoms with Crippen molar-refractivity contribution in [3.05, 3.63) is 70.7 Å². The number of aryl methyl sites for hydroxylation is 1. The lowest BCUT2D eigenvalue weighted by Crippen LogP contribution is -2.50. The first kappa shape index (κ1) is 23.2. The third-order valence-corrected chi connectivity index (χ3v) is 8.33. The quantitative estimate of drug-likeness (QED) is 0.470. The van der Waals surface area contributed by atoms with Crippen LogP contribution < -0.4 is 4.90 Å². The Balaban J connectivity index is 1.15. The number of nitrogens with zero attached hydrogens (tertiary/aromatic N) is 2. The highest BCUT2D eigenvalue weighted by Crippen LogP contribution is 2.41. The molecule has 6 rings (SSSR count). The molecule has 0 atom stereocenters. The third-order valence-electron chi connectivity index (χ3n) is 8.33. The minimum absolute atomic E-state index is 0.0778. The molecule has 188 valence electrons. The van der Waals surface area contributed by atoms with Crippen LogP contribution in [0.3, 0.4) is 0 Å². The van der Waals surface area contributed by atoms with E-state index in [2.05, 4.69) is 22.2 Å². The topological polar surface area (TPSA) is 75.8 Å². The zero-order valence-electron chi connectivity index (χ0n) is 20.3. The molecule has 1 N–H and O–H groups in total. The van der Waals surface area contributed by atoms with E-state index in [0.717, 1.165) is 72.4 Å². The number of carboxylic acids is 1. The van der Waals surface area contributed by atoms with Gasteiger partial charge in [-0.1, -0.05) is 42.6 Å². The molecule has 0 amide bonds. The number of hydrogen-bond acceptors (Lipinski definition) is 5. The number of fused-ring (bicyclic) bond motifs is 3. The zero-order valence-corrected chi connectivity index (χ0v) is 20.3. The molecule has 1 saturated heterocycles. The third kappa shape index (κ3) is 4.19. The van der Waals surface area contributed by atoms with E-state index in [1.54, 1.807) is 12.1 Å². The van der Waals surface area contributed by atoms with Crippen LogP contribution >= 0.6 is 0 Å². The number of benzene rings is 2. The number of carboxylic acid groups (broad SMARTS) is 1. The maximum Gasteiger partial charge on any atom is 0.310 e. The summed E-state index contributed by atoms with van der Waals surface area (Å²) in [6.07, 6.45) is 7.38. The molecule has 0 spiro atoms. The molecule has 6 nitrogen and oxygen atoms in total. The SMILES string of the molecule is O=C(O)C1CN(c2ccc3c(c2)CCc2c-3noc2COCC2(c3ccc(F)cc3)CCCCC2)C1. The van der Waals surface area contributed by atoms with E-state index in [1.807, 2.05) is 18.2 Å². The maximum absolute atomic E-state index is 13.5. The summed E-state index contributed by atoms with van der Waals surface area (Å²) in [5.74, 6) is -0.419. The van der Waals surface area contributed by atoms with Gasteiger partial charge < -0.3 is 19.3 Å². The fraction of sp³-hybridized carbons (Fsp3) is 0.448. The molecule has 1 aromatic heterocycles. The lowest BCUT2D eigenvalue weighted by Gasteiger charge is -2.39. The Morgan fingerprint density at radius 2 is 1.89 bits per heavy atom. The van der Waals surface area contributed by atoms with Crippen molar-refractivity contribution < 1.29 is 23.6 Å². The van der Waals surface area contributed by atoms with E-state index in [0.29, 0.717) is 26.3 Å². The maximum atomic E-state index is 13.5. The van der Waals surface area contributed by atoms with Crippen LogP contribution in [0.1, 0.15) is 54.6 Å². The first-order chi connectivity index (χ1) is 17.5. The van der Waals surface area contributed by atoms with Crippen LogP contribution in [0.5, 0.6) is 0 Å². The standard InChI is InChI=1S/C29H31FN2O4/c30-22-7-5-21(6-8-22)29(12-2-1-3-13-29)18-35-17-26-25-10-4-19-14-23(32-15-20(16-32)28(33)34)9-11-24(19)27(25)31-36-26/h5-9,11,14,20H,1-4,10,12-13,15-18H2,(H,33,34). The van der Waals surface area contributed by atoms with Gasteiger partial charge in [-0.25, -0.2) is 4.39 Å². The Kier molecular flexibility index (Phi) is 6.04. The van der Waals surface area contributed by atoms with Crippen LogP contribution in [0.15, 0.2) is 47.0 Å². The second-order valence-electron chi connectivity index (χ2n) is 10.6. The smallest absolute Gasteiger partial charge is 0.310 e. The average molecular weight is 491 g/mol. The Morgan fingerprint density at radius 1 is 1.11 bits per heavy atom. The Labute approximate surface area is 210 Å². The van der Waals surface area contributed by atoms with Gasteiger partial charge in [0.05, 0.1) is 12.5 Å². The second kappa shape index (κ2) is 9.36. The van der Waals surface area contributed by atoms with Gasteiger partial charge in [-0.2, -0.15) is 0 Å². The molecule has 0 radical (unpaired) electrons. The van der Waals surface area contributed by atoms with Crippen molar-refractivity contribution in [2.75, 3.05) is 24.6 Å². The van der Waals surface area contributed by atoms with Crippen molar-refractivity contribution in [3.8, 4) is 11.3 Å². The van der Waals surface area contributed by atoms with Crippen LogP contribution in [0.4, 0.5) is 10.1 Å². The molecule has 3 aromatic rings. The molecular weight excluding hydrogens is 459 g/mol. The fourth-order valence-electron chi connectivity index (χ4n) is 6.13. The molecular formula is C29H31FN2O4. The van der Waals surface area contributed by atoms with Crippen LogP contribution in [-0.2, 0) is 34.4 Å². The highest BCUT2D eigenvalue weighted by molar-refractivity contribution is 5.76. The van der Waals surface area contributed by atoms with Gasteiger partial charge >= 0.3 is 5.97 Å². The van der Waals surface area contributed by atoms with Crippen molar-refractivity contribution in [1.29, 1.82) is 0 Å². The minimum atomic E-state index is -0.724. The van der Waals surface area contributed by atoms with Crippen molar-refractivity contribution in [2.24, 2.45) is 5.92 Å². The molecule has 0 bridgehead atoms. The monoisotopic (exact) mass is 490 g/mol. The van der Waals surface area contributed by atoms with E-state index in [1.165, 1.54) is 12.0 Å². The average Bonchev–Trinajstić information content (AvgIpc) is 3.27. The molecule has 2 heterocycles. The molecule has 2 aromatic carbocycles. The summed E-state index contributed by atoms with van der Waals surface area (Å²) in [6, 6.07) is 13.2. The Hall–Kier alpha value is -3.19. The number of ether oxygens (including phenoxy) is 1. The number of carbonyl (C=O) groups is 1. The van der Waals surface area contributed by atoms with E-state index < -0.39 is 5.97 Å². The highest BCUT2D eigenvalue weighted by atomic mass is 19.1. The number of rotatable bonds is 7. The van der Waals surface area contributed by atoms with Gasteiger partial charge in [0.25, 0.3) is 0 Å². The number of hydrogen-bond donors (Lipinski definition) is 1. The largest absolute Gasteiger partial charge is 0.481 e. The zero-order chi connectivity index (χ0) is 24.7. The highest BCUT2D eigenvalue weighted by Gasteiger charge is 2.35. The Morgan fingerprint density at radius 3 is 2.64 bits per heavy atom. The van der Waals surface area contributed by atoms with Crippen LogP contribution in [0.25, 0.3) is 11.3 Å². The molecule has 1 saturated carbocycles. The molecule has 0 unspecified atom stereocenters. The van der Waals surface area contributed by atoms with E-state index in [9.17, 15) is 9.18 Å². The van der Waals surface area contributed by atoms with Crippen molar-refractivity contribution >= 4 is 11.7 Å². The summed E-state index contributed by atoms with van der Waals surface area (Å²) in [7, 11) is 0. The fourth-order valence-corrected chi connectivity index (χ4v) is 6.13. The molecule has 3 aliphatic rings. The predicted octanol–water partition coefficient (Wildman–Crippen LogP) is 5.52. The van der Waals surface area contributed by atoms with E-state index in [-0.39, 0.29) is 17.2 Å². The predicted molar refractivity (Wildman–Crippen MR) is 134 cm³/mol. The number of aromatic nitrogens is 1. The van der Waals surface area contributed by atoms with Crippen LogP contribution in [-0.4, -0.2) is 35.9 Å². The van der Waals surface area contributed by atoms with E-state index in [4.69, 9.17) is 14.4 Å². The van der Waals surface area contributed by atoms with Crippen molar-refractivity contribution in [3.63, 3.8) is 0 Å². The van der Waals surface area contributed by atoms with Gasteiger partial charge in [-0.05, 0) is 61.1 Å². The first-order valence-electron chi connectivity index (χ1n) is 12.9. The van der Waals surface area contributed by atoms with Crippen LogP contribution in [0, 0.1) is 11.7 Å². The second-order valence-corrected chi connectivity index (χ2v) is 10.6. The summed E-state index contributed by atoms with van der Waals surface area (Å²) in [6.45, 7) is 2.08. The molecule has 2 aliphatic carbocycles. The summed E-state index contributed by atoms with van der Waals surface area (Å²) < 4.78 is 25.6. The molecule has 1 aliphatic heterocycles. The van der Waals surface area contributed by atoms with Crippen LogP contribution in [0.2, 0.25) is 0 Å². The van der Waals surface area contributed by atoms with Gasteiger partial charge in [0.2, 0.25) is 0 Å². The lowest BCUT2D eigenvalue weighted by molar-refractivity contribution is -0.142. The number of anilines is 1. The lowest BCUT2D eigenvalue weighted by atomic mass is 9.70. The minimum Gasteiger partial charge on any atom is -0.481 e. The number of aliphatic carboxylic acids is 1. The van der Waals surface area contributed by atoms with E-state index >= 15 is 0 Å².